The van der Waals surface area contributed by atoms with Gasteiger partial charge >= 0.3 is 5.97 Å². The minimum absolute atomic E-state index is 0.147. The maximum absolute atomic E-state index is 12.1. The molecule has 1 aromatic carbocycles. The number of hydrogen-bond donors (Lipinski definition) is 2. The fourth-order valence-electron chi connectivity index (χ4n) is 3.98. The third kappa shape index (κ3) is 2.20. The van der Waals surface area contributed by atoms with Crippen molar-refractivity contribution in [2.24, 2.45) is 11.3 Å². The first-order valence-electron chi connectivity index (χ1n) is 7.78. The van der Waals surface area contributed by atoms with Gasteiger partial charge in [-0.1, -0.05) is 43.5 Å². The van der Waals surface area contributed by atoms with E-state index in [4.69, 9.17) is 0 Å². The van der Waals surface area contributed by atoms with Crippen LogP contribution in [0, 0.1) is 11.3 Å². The number of carboxylic acids is 1. The van der Waals surface area contributed by atoms with Crippen molar-refractivity contribution < 1.29 is 15.0 Å². The largest absolute Gasteiger partial charge is 0.481 e. The van der Waals surface area contributed by atoms with Gasteiger partial charge in [-0.2, -0.15) is 0 Å². The lowest BCUT2D eigenvalue weighted by Crippen LogP contribution is -2.38. The zero-order chi connectivity index (χ0) is 15.0. The standard InChI is InChI=1S/C18H22O3/c1-18(17(20)21,12-7-3-2-4-8-12)15-11-16(19)14-10-6-5-9-13(14)15/h5-6,9-12,16,19H,2-4,7-8H2,1H3,(H,20,21). The van der Waals surface area contributed by atoms with Crippen LogP contribution in [0.4, 0.5) is 0 Å². The van der Waals surface area contributed by atoms with Crippen LogP contribution in [0.5, 0.6) is 0 Å². The van der Waals surface area contributed by atoms with E-state index in [0.717, 1.165) is 42.4 Å². The summed E-state index contributed by atoms with van der Waals surface area (Å²) in [5, 5.41) is 20.2. The predicted molar refractivity (Wildman–Crippen MR) is 81.7 cm³/mol. The maximum Gasteiger partial charge on any atom is 0.314 e. The first kappa shape index (κ1) is 14.3. The lowest BCUT2D eigenvalue weighted by Gasteiger charge is -2.38. The molecule has 0 aliphatic heterocycles. The van der Waals surface area contributed by atoms with Gasteiger partial charge < -0.3 is 10.2 Å². The smallest absolute Gasteiger partial charge is 0.314 e. The van der Waals surface area contributed by atoms with E-state index in [0.29, 0.717) is 0 Å². The first-order chi connectivity index (χ1) is 10.0. The SMILES string of the molecule is CC(C(=O)O)(C1=CC(O)c2ccccc21)C1CCCCC1. The maximum atomic E-state index is 12.1. The molecule has 2 N–H and O–H groups in total. The van der Waals surface area contributed by atoms with Gasteiger partial charge in [-0.05, 0) is 48.5 Å². The van der Waals surface area contributed by atoms with E-state index in [1.807, 2.05) is 31.2 Å². The molecule has 3 rings (SSSR count). The van der Waals surface area contributed by atoms with Crippen molar-refractivity contribution in [2.45, 2.75) is 45.1 Å². The van der Waals surface area contributed by atoms with Crippen molar-refractivity contribution in [3.05, 3.63) is 41.5 Å². The van der Waals surface area contributed by atoms with E-state index < -0.39 is 17.5 Å². The zero-order valence-corrected chi connectivity index (χ0v) is 12.4. The Morgan fingerprint density at radius 1 is 1.19 bits per heavy atom. The van der Waals surface area contributed by atoms with E-state index >= 15 is 0 Å². The van der Waals surface area contributed by atoms with Crippen LogP contribution >= 0.6 is 0 Å². The number of aliphatic hydroxyl groups excluding tert-OH is 1. The van der Waals surface area contributed by atoms with E-state index in [1.165, 1.54) is 6.42 Å². The molecule has 1 fully saturated rings. The average molecular weight is 286 g/mol. The number of carboxylic acid groups (broad SMARTS) is 1. The van der Waals surface area contributed by atoms with Gasteiger partial charge in [-0.25, -0.2) is 0 Å². The minimum atomic E-state index is -0.909. The van der Waals surface area contributed by atoms with Gasteiger partial charge in [-0.3, -0.25) is 4.79 Å². The monoisotopic (exact) mass is 286 g/mol. The topological polar surface area (TPSA) is 57.5 Å². The molecule has 3 heteroatoms. The summed E-state index contributed by atoms with van der Waals surface area (Å²) in [5.41, 5.74) is 1.62. The molecule has 112 valence electrons. The first-order valence-corrected chi connectivity index (χ1v) is 7.78. The van der Waals surface area contributed by atoms with Gasteiger partial charge in [0.25, 0.3) is 0 Å². The molecule has 2 aliphatic carbocycles. The summed E-state index contributed by atoms with van der Waals surface area (Å²) < 4.78 is 0. The van der Waals surface area contributed by atoms with Crippen LogP contribution in [0.1, 0.15) is 56.3 Å². The number of hydrogen-bond acceptors (Lipinski definition) is 2. The van der Waals surface area contributed by atoms with E-state index in [-0.39, 0.29) is 5.92 Å². The van der Waals surface area contributed by atoms with E-state index in [2.05, 4.69) is 0 Å². The Morgan fingerprint density at radius 3 is 2.52 bits per heavy atom. The van der Waals surface area contributed by atoms with Gasteiger partial charge in [0.1, 0.15) is 0 Å². The molecular weight excluding hydrogens is 264 g/mol. The molecule has 2 atom stereocenters. The lowest BCUT2D eigenvalue weighted by atomic mass is 9.65. The van der Waals surface area contributed by atoms with E-state index in [9.17, 15) is 15.0 Å². The van der Waals surface area contributed by atoms with Crippen LogP contribution in [0.3, 0.4) is 0 Å². The zero-order valence-electron chi connectivity index (χ0n) is 12.4. The predicted octanol–water partition coefficient (Wildman–Crippen LogP) is 3.79. The Hall–Kier alpha value is -1.61. The van der Waals surface area contributed by atoms with Crippen molar-refractivity contribution in [3.8, 4) is 0 Å². The van der Waals surface area contributed by atoms with Crippen LogP contribution < -0.4 is 0 Å². The fourth-order valence-corrected chi connectivity index (χ4v) is 3.98. The quantitative estimate of drug-likeness (QED) is 0.888. The van der Waals surface area contributed by atoms with Crippen LogP contribution in [-0.4, -0.2) is 16.2 Å². The molecule has 2 unspecified atom stereocenters. The molecule has 21 heavy (non-hydrogen) atoms. The molecule has 1 aromatic rings. The van der Waals surface area contributed by atoms with E-state index in [1.54, 1.807) is 6.08 Å². The molecule has 0 saturated heterocycles. The van der Waals surface area contributed by atoms with Gasteiger partial charge in [0.15, 0.2) is 0 Å². The van der Waals surface area contributed by atoms with Crippen molar-refractivity contribution in [3.63, 3.8) is 0 Å². The number of rotatable bonds is 3. The number of carbonyl (C=O) groups is 1. The fraction of sp³-hybridized carbons (Fsp3) is 0.500. The molecule has 0 heterocycles. The normalized spacial score (nSPS) is 25.0. The third-order valence-corrected chi connectivity index (χ3v) is 5.32. The molecule has 3 nitrogen and oxygen atoms in total. The summed E-state index contributed by atoms with van der Waals surface area (Å²) in [7, 11) is 0. The number of fused-ring (bicyclic) bond motifs is 1. The third-order valence-electron chi connectivity index (χ3n) is 5.32. The highest BCUT2D eigenvalue weighted by molar-refractivity contribution is 5.94. The van der Waals surface area contributed by atoms with Crippen molar-refractivity contribution in [1.82, 2.24) is 0 Å². The van der Waals surface area contributed by atoms with Crippen LogP contribution in [0.15, 0.2) is 30.3 Å². The number of aliphatic hydroxyl groups is 1. The highest BCUT2D eigenvalue weighted by atomic mass is 16.4. The van der Waals surface area contributed by atoms with Gasteiger partial charge in [0, 0.05) is 0 Å². The molecule has 1 saturated carbocycles. The second-order valence-electron chi connectivity index (χ2n) is 6.45. The van der Waals surface area contributed by atoms with Crippen molar-refractivity contribution in [2.75, 3.05) is 0 Å². The summed E-state index contributed by atoms with van der Waals surface area (Å²) >= 11 is 0. The average Bonchev–Trinajstić information content (AvgIpc) is 2.85. The summed E-state index contributed by atoms with van der Waals surface area (Å²) in [4.78, 5) is 12.1. The Balaban J connectivity index is 2.06. The van der Waals surface area contributed by atoms with Crippen LogP contribution in [-0.2, 0) is 4.79 Å². The highest BCUT2D eigenvalue weighted by Gasteiger charge is 2.47. The number of benzene rings is 1. The van der Waals surface area contributed by atoms with Gasteiger partial charge in [0.05, 0.1) is 11.5 Å². The second kappa shape index (κ2) is 5.30. The Labute approximate surface area is 125 Å². The molecule has 0 radical (unpaired) electrons. The Morgan fingerprint density at radius 2 is 1.86 bits per heavy atom. The lowest BCUT2D eigenvalue weighted by molar-refractivity contribution is -0.147. The summed E-state index contributed by atoms with van der Waals surface area (Å²) in [6, 6.07) is 7.61. The van der Waals surface area contributed by atoms with Crippen LogP contribution in [0.25, 0.3) is 5.57 Å². The Kier molecular flexibility index (Phi) is 3.62. The number of aliphatic carboxylic acids is 1. The molecule has 0 spiro atoms. The molecular formula is C18H22O3. The van der Waals surface area contributed by atoms with Crippen molar-refractivity contribution in [1.29, 1.82) is 0 Å². The summed E-state index contributed by atoms with van der Waals surface area (Å²) in [6.07, 6.45) is 6.38. The van der Waals surface area contributed by atoms with Crippen LogP contribution in [0.2, 0.25) is 0 Å². The van der Waals surface area contributed by atoms with Gasteiger partial charge in [-0.15, -0.1) is 0 Å². The molecule has 0 amide bonds. The molecule has 0 aromatic heterocycles. The minimum Gasteiger partial charge on any atom is -0.481 e. The van der Waals surface area contributed by atoms with Gasteiger partial charge in [0.2, 0.25) is 0 Å². The highest BCUT2D eigenvalue weighted by Crippen LogP contribution is 2.51. The molecule has 2 aliphatic rings. The summed E-state index contributed by atoms with van der Waals surface area (Å²) in [6.45, 7) is 1.84. The summed E-state index contributed by atoms with van der Waals surface area (Å²) in [5.74, 6) is -0.627. The Bertz CT molecular complexity index is 584. The molecule has 0 bridgehead atoms. The second-order valence-corrected chi connectivity index (χ2v) is 6.45. The van der Waals surface area contributed by atoms with Crippen molar-refractivity contribution >= 4 is 11.5 Å².